The number of rotatable bonds is 8. The molecule has 1 saturated carbocycles. The van der Waals surface area contributed by atoms with E-state index >= 15 is 0 Å². The minimum atomic E-state index is 0.470. The third kappa shape index (κ3) is 4.32. The molecular weight excluding hydrogens is 232 g/mol. The number of benzene rings is 1. The number of nitrogens with zero attached hydrogens (tertiary/aromatic N) is 1. The van der Waals surface area contributed by atoms with Gasteiger partial charge in [-0.1, -0.05) is 43.7 Å². The Kier molecular flexibility index (Phi) is 5.41. The van der Waals surface area contributed by atoms with E-state index in [1.807, 2.05) is 0 Å². The molecule has 0 spiro atoms. The van der Waals surface area contributed by atoms with Gasteiger partial charge < -0.3 is 5.32 Å². The molecule has 1 N–H and O–H groups in total. The van der Waals surface area contributed by atoms with Gasteiger partial charge in [0.05, 0.1) is 0 Å². The maximum Gasteiger partial charge on any atom is 0.0449 e. The fourth-order valence-electron chi connectivity index (χ4n) is 2.72. The number of aryl methyl sites for hydroxylation is 1. The van der Waals surface area contributed by atoms with Crippen LogP contribution < -0.4 is 5.32 Å². The molecule has 0 amide bonds. The maximum atomic E-state index is 3.65. The first-order valence-electron chi connectivity index (χ1n) is 7.78. The number of nitrogens with one attached hydrogen (secondary N) is 1. The highest BCUT2D eigenvalue weighted by Gasteiger charge is 2.30. The predicted octanol–water partition coefficient (Wildman–Crippen LogP) is 3.52. The van der Waals surface area contributed by atoms with Crippen LogP contribution in [0.25, 0.3) is 0 Å². The fourth-order valence-corrected chi connectivity index (χ4v) is 2.72. The van der Waals surface area contributed by atoms with Crippen molar-refractivity contribution >= 4 is 0 Å². The zero-order valence-corrected chi connectivity index (χ0v) is 12.7. The van der Waals surface area contributed by atoms with Crippen molar-refractivity contribution in [1.82, 2.24) is 10.2 Å². The summed E-state index contributed by atoms with van der Waals surface area (Å²) in [6.45, 7) is 10.0. The van der Waals surface area contributed by atoms with Crippen LogP contribution >= 0.6 is 0 Å². The van der Waals surface area contributed by atoms with Crippen LogP contribution in [0.5, 0.6) is 0 Å². The van der Waals surface area contributed by atoms with Crippen molar-refractivity contribution in [3.63, 3.8) is 0 Å². The molecule has 19 heavy (non-hydrogen) atoms. The summed E-state index contributed by atoms with van der Waals surface area (Å²) in [6.07, 6.45) is 4.04. The molecule has 0 radical (unpaired) electrons. The predicted molar refractivity (Wildman–Crippen MR) is 82.5 cm³/mol. The van der Waals surface area contributed by atoms with Crippen molar-refractivity contribution in [2.75, 3.05) is 19.6 Å². The second-order valence-electron chi connectivity index (χ2n) is 5.75. The van der Waals surface area contributed by atoms with Crippen LogP contribution in [0.2, 0.25) is 0 Å². The Labute approximate surface area is 118 Å². The summed E-state index contributed by atoms with van der Waals surface area (Å²) in [6, 6.07) is 10.3. The number of hydrogen-bond donors (Lipinski definition) is 1. The molecule has 106 valence electrons. The van der Waals surface area contributed by atoms with E-state index in [9.17, 15) is 0 Å². The number of hydrogen-bond acceptors (Lipinski definition) is 2. The Morgan fingerprint density at radius 1 is 1.21 bits per heavy atom. The van der Waals surface area contributed by atoms with E-state index in [-0.39, 0.29) is 0 Å². The summed E-state index contributed by atoms with van der Waals surface area (Å²) < 4.78 is 0. The molecule has 1 fully saturated rings. The van der Waals surface area contributed by atoms with E-state index in [1.165, 1.54) is 36.9 Å². The molecule has 1 aliphatic carbocycles. The Balaban J connectivity index is 2.03. The topological polar surface area (TPSA) is 15.3 Å². The first-order valence-corrected chi connectivity index (χ1v) is 7.78. The lowest BCUT2D eigenvalue weighted by molar-refractivity contribution is 0.234. The molecule has 0 bridgehead atoms. The molecule has 0 saturated heterocycles. The molecule has 0 heterocycles. The van der Waals surface area contributed by atoms with Crippen LogP contribution in [0.1, 0.15) is 50.3 Å². The van der Waals surface area contributed by atoms with Crippen LogP contribution in [-0.4, -0.2) is 30.6 Å². The minimum absolute atomic E-state index is 0.470. The van der Waals surface area contributed by atoms with Crippen molar-refractivity contribution in [2.24, 2.45) is 0 Å². The highest BCUT2D eigenvalue weighted by Crippen LogP contribution is 2.29. The van der Waals surface area contributed by atoms with Gasteiger partial charge >= 0.3 is 0 Å². The van der Waals surface area contributed by atoms with Crippen LogP contribution in [-0.2, 0) is 0 Å². The van der Waals surface area contributed by atoms with E-state index in [0.29, 0.717) is 6.04 Å². The smallest absolute Gasteiger partial charge is 0.0449 e. The molecule has 1 aromatic carbocycles. The average Bonchev–Trinajstić information content (AvgIpc) is 3.23. The van der Waals surface area contributed by atoms with Gasteiger partial charge in [0.15, 0.2) is 0 Å². The SMILES string of the molecule is CCCN(CC(NCC)c1ccc(C)cc1)C1CC1. The molecule has 2 nitrogen and oxygen atoms in total. The van der Waals surface area contributed by atoms with Crippen LogP contribution in [0, 0.1) is 6.92 Å². The van der Waals surface area contributed by atoms with E-state index in [2.05, 4.69) is 55.3 Å². The van der Waals surface area contributed by atoms with Crippen LogP contribution in [0.3, 0.4) is 0 Å². The standard InChI is InChI=1S/C17H28N2/c1-4-12-19(16-10-11-16)13-17(18-5-2)15-8-6-14(3)7-9-15/h6-9,16-18H,4-5,10-13H2,1-3H3. The summed E-state index contributed by atoms with van der Waals surface area (Å²) in [7, 11) is 0. The van der Waals surface area contributed by atoms with Crippen molar-refractivity contribution in [2.45, 2.75) is 52.1 Å². The summed E-state index contributed by atoms with van der Waals surface area (Å²) in [5, 5.41) is 3.65. The summed E-state index contributed by atoms with van der Waals surface area (Å²) in [5.41, 5.74) is 2.76. The van der Waals surface area contributed by atoms with Gasteiger partial charge in [-0.2, -0.15) is 0 Å². The van der Waals surface area contributed by atoms with Crippen molar-refractivity contribution < 1.29 is 0 Å². The molecule has 0 aromatic heterocycles. The molecule has 0 aliphatic heterocycles. The van der Waals surface area contributed by atoms with E-state index < -0.39 is 0 Å². The lowest BCUT2D eigenvalue weighted by atomic mass is 10.0. The molecule has 1 atom stereocenters. The average molecular weight is 260 g/mol. The summed E-state index contributed by atoms with van der Waals surface area (Å²) in [5.74, 6) is 0. The third-order valence-electron chi connectivity index (χ3n) is 3.92. The van der Waals surface area contributed by atoms with Crippen LogP contribution in [0.4, 0.5) is 0 Å². The van der Waals surface area contributed by atoms with Gasteiger partial charge in [-0.15, -0.1) is 0 Å². The number of likely N-dealkylation sites (N-methyl/N-ethyl adjacent to an activating group) is 1. The van der Waals surface area contributed by atoms with Gasteiger partial charge in [0.1, 0.15) is 0 Å². The third-order valence-corrected chi connectivity index (χ3v) is 3.92. The van der Waals surface area contributed by atoms with E-state index in [0.717, 1.165) is 19.1 Å². The second kappa shape index (κ2) is 7.06. The quantitative estimate of drug-likeness (QED) is 0.769. The lowest BCUT2D eigenvalue weighted by Crippen LogP contribution is -2.37. The lowest BCUT2D eigenvalue weighted by Gasteiger charge is -2.28. The Morgan fingerprint density at radius 2 is 1.89 bits per heavy atom. The molecule has 1 aliphatic rings. The van der Waals surface area contributed by atoms with Crippen LogP contribution in [0.15, 0.2) is 24.3 Å². The summed E-state index contributed by atoms with van der Waals surface area (Å²) in [4.78, 5) is 2.67. The fraction of sp³-hybridized carbons (Fsp3) is 0.647. The van der Waals surface area contributed by atoms with Gasteiger partial charge in [0.2, 0.25) is 0 Å². The summed E-state index contributed by atoms with van der Waals surface area (Å²) >= 11 is 0. The van der Waals surface area contributed by atoms with Crippen molar-refractivity contribution in [3.05, 3.63) is 35.4 Å². The molecular formula is C17H28N2. The monoisotopic (exact) mass is 260 g/mol. The second-order valence-corrected chi connectivity index (χ2v) is 5.75. The molecule has 1 unspecified atom stereocenters. The largest absolute Gasteiger partial charge is 0.309 e. The van der Waals surface area contributed by atoms with Gasteiger partial charge in [-0.05, 0) is 44.8 Å². The van der Waals surface area contributed by atoms with Gasteiger partial charge in [-0.3, -0.25) is 4.90 Å². The van der Waals surface area contributed by atoms with Gasteiger partial charge in [0, 0.05) is 18.6 Å². The normalized spacial score (nSPS) is 16.8. The van der Waals surface area contributed by atoms with Crippen molar-refractivity contribution in [1.29, 1.82) is 0 Å². The van der Waals surface area contributed by atoms with Crippen molar-refractivity contribution in [3.8, 4) is 0 Å². The minimum Gasteiger partial charge on any atom is -0.309 e. The maximum absolute atomic E-state index is 3.65. The van der Waals surface area contributed by atoms with E-state index in [4.69, 9.17) is 0 Å². The van der Waals surface area contributed by atoms with Gasteiger partial charge in [-0.25, -0.2) is 0 Å². The molecule has 2 rings (SSSR count). The van der Waals surface area contributed by atoms with E-state index in [1.54, 1.807) is 0 Å². The first kappa shape index (κ1) is 14.5. The zero-order chi connectivity index (χ0) is 13.7. The Morgan fingerprint density at radius 3 is 2.42 bits per heavy atom. The first-order chi connectivity index (χ1) is 9.24. The molecule has 1 aromatic rings. The highest BCUT2D eigenvalue weighted by atomic mass is 15.2. The highest BCUT2D eigenvalue weighted by molar-refractivity contribution is 5.24. The zero-order valence-electron chi connectivity index (χ0n) is 12.7. The Hall–Kier alpha value is -0.860. The van der Waals surface area contributed by atoms with Gasteiger partial charge in [0.25, 0.3) is 0 Å². The molecule has 2 heteroatoms. The Bertz CT molecular complexity index is 367.